The first-order valence-corrected chi connectivity index (χ1v) is 8.59. The molecule has 0 radical (unpaired) electrons. The number of hydrogen-bond acceptors (Lipinski definition) is 2. The third-order valence-corrected chi connectivity index (χ3v) is 5.07. The van der Waals surface area contributed by atoms with Gasteiger partial charge in [-0.3, -0.25) is 0 Å². The van der Waals surface area contributed by atoms with Crippen LogP contribution in [0.25, 0.3) is 0 Å². The van der Waals surface area contributed by atoms with Crippen molar-refractivity contribution in [2.75, 3.05) is 7.05 Å². The van der Waals surface area contributed by atoms with E-state index in [1.54, 1.807) is 0 Å². The number of nitrogens with one attached hydrogen (secondary N) is 1. The summed E-state index contributed by atoms with van der Waals surface area (Å²) in [5, 5.41) is 4.08. The van der Waals surface area contributed by atoms with Crippen LogP contribution in [0.3, 0.4) is 0 Å². The molecule has 0 aliphatic carbocycles. The summed E-state index contributed by atoms with van der Waals surface area (Å²) in [6.07, 6.45) is 0. The summed E-state index contributed by atoms with van der Waals surface area (Å²) in [5.41, 5.74) is 2.61. The van der Waals surface area contributed by atoms with E-state index in [1.807, 2.05) is 30.9 Å². The van der Waals surface area contributed by atoms with Gasteiger partial charge in [0.1, 0.15) is 0 Å². The zero-order chi connectivity index (χ0) is 14.5. The summed E-state index contributed by atoms with van der Waals surface area (Å²) in [6.45, 7) is 2.18. The van der Waals surface area contributed by atoms with Gasteiger partial charge in [-0.2, -0.15) is 0 Å². The molecule has 1 unspecified atom stereocenters. The fraction of sp³-hybridized carbons (Fsp3) is 0.250. The first-order valence-electron chi connectivity index (χ1n) is 6.44. The van der Waals surface area contributed by atoms with Gasteiger partial charge >= 0.3 is 0 Å². The fourth-order valence-corrected chi connectivity index (χ4v) is 3.66. The van der Waals surface area contributed by atoms with Crippen LogP contribution in [0, 0.1) is 0 Å². The Labute approximate surface area is 138 Å². The van der Waals surface area contributed by atoms with Gasteiger partial charge < -0.3 is 5.32 Å². The van der Waals surface area contributed by atoms with Crippen LogP contribution in [-0.2, 0) is 5.75 Å². The molecule has 0 fully saturated rings. The Balaban J connectivity index is 2.15. The molecule has 2 aromatic carbocycles. The highest BCUT2D eigenvalue weighted by molar-refractivity contribution is 9.10. The van der Waals surface area contributed by atoms with Crippen molar-refractivity contribution in [3.8, 4) is 0 Å². The molecule has 0 aliphatic heterocycles. The molecule has 2 aromatic rings. The number of benzene rings is 2. The fourth-order valence-electron chi connectivity index (χ4n) is 1.89. The number of thioether (sulfide) groups is 1. The number of rotatable bonds is 5. The second kappa shape index (κ2) is 7.51. The van der Waals surface area contributed by atoms with E-state index in [4.69, 9.17) is 11.6 Å². The molecular weight excluding hydrogens is 354 g/mol. The lowest BCUT2D eigenvalue weighted by atomic mass is 10.1. The first-order chi connectivity index (χ1) is 9.60. The minimum absolute atomic E-state index is 0.343. The quantitative estimate of drug-likeness (QED) is 0.680. The van der Waals surface area contributed by atoms with Gasteiger partial charge in [0.05, 0.1) is 0 Å². The zero-order valence-corrected chi connectivity index (χ0v) is 14.6. The average molecular weight is 371 g/mol. The van der Waals surface area contributed by atoms with Gasteiger partial charge in [0.15, 0.2) is 0 Å². The SMILES string of the molecule is CNC(C)c1ccc(Br)cc1SCc1ccc(Cl)cc1. The van der Waals surface area contributed by atoms with Crippen molar-refractivity contribution in [2.45, 2.75) is 23.6 Å². The minimum Gasteiger partial charge on any atom is -0.313 e. The normalized spacial score (nSPS) is 12.4. The molecule has 0 amide bonds. The Bertz CT molecular complexity index is 571. The van der Waals surface area contributed by atoms with E-state index in [1.165, 1.54) is 16.0 Å². The third-order valence-electron chi connectivity index (χ3n) is 3.18. The molecule has 1 atom stereocenters. The number of hydrogen-bond donors (Lipinski definition) is 1. The molecular formula is C16H17BrClNS. The lowest BCUT2D eigenvalue weighted by molar-refractivity contribution is 0.641. The second-order valence-electron chi connectivity index (χ2n) is 4.61. The molecule has 2 rings (SSSR count). The van der Waals surface area contributed by atoms with E-state index in [0.717, 1.165) is 15.2 Å². The van der Waals surface area contributed by atoms with Crippen LogP contribution in [0.5, 0.6) is 0 Å². The molecule has 0 heterocycles. The molecule has 0 saturated carbocycles. The van der Waals surface area contributed by atoms with Gasteiger partial charge in [-0.25, -0.2) is 0 Å². The zero-order valence-electron chi connectivity index (χ0n) is 11.5. The van der Waals surface area contributed by atoms with Crippen LogP contribution in [0.2, 0.25) is 5.02 Å². The van der Waals surface area contributed by atoms with Crippen LogP contribution in [0.4, 0.5) is 0 Å². The number of halogens is 2. The lowest BCUT2D eigenvalue weighted by Crippen LogP contribution is -2.13. The largest absolute Gasteiger partial charge is 0.313 e. The van der Waals surface area contributed by atoms with Gasteiger partial charge in [0.25, 0.3) is 0 Å². The van der Waals surface area contributed by atoms with E-state index in [-0.39, 0.29) is 0 Å². The Morgan fingerprint density at radius 3 is 2.55 bits per heavy atom. The van der Waals surface area contributed by atoms with Crippen LogP contribution >= 0.6 is 39.3 Å². The van der Waals surface area contributed by atoms with Crippen LogP contribution in [0.1, 0.15) is 24.1 Å². The van der Waals surface area contributed by atoms with Crippen molar-refractivity contribution < 1.29 is 0 Å². The maximum Gasteiger partial charge on any atom is 0.0406 e. The van der Waals surface area contributed by atoms with Crippen LogP contribution in [0.15, 0.2) is 51.8 Å². The van der Waals surface area contributed by atoms with Crippen LogP contribution < -0.4 is 5.32 Å². The van der Waals surface area contributed by atoms with E-state index in [0.29, 0.717) is 6.04 Å². The van der Waals surface area contributed by atoms with Gasteiger partial charge in [0, 0.05) is 26.2 Å². The molecule has 106 valence electrons. The molecule has 1 nitrogen and oxygen atoms in total. The van der Waals surface area contributed by atoms with Gasteiger partial charge in [-0.05, 0) is 49.4 Å². The predicted octanol–water partition coefficient (Wildman–Crippen LogP) is 5.68. The Morgan fingerprint density at radius 1 is 1.20 bits per heavy atom. The maximum absolute atomic E-state index is 5.91. The molecule has 20 heavy (non-hydrogen) atoms. The Kier molecular flexibility index (Phi) is 5.97. The monoisotopic (exact) mass is 369 g/mol. The second-order valence-corrected chi connectivity index (χ2v) is 6.98. The van der Waals surface area contributed by atoms with Crippen molar-refractivity contribution in [1.29, 1.82) is 0 Å². The van der Waals surface area contributed by atoms with Crippen molar-refractivity contribution in [2.24, 2.45) is 0 Å². The Hall–Kier alpha value is -0.480. The first kappa shape index (κ1) is 15.9. The summed E-state index contributed by atoms with van der Waals surface area (Å²) in [6, 6.07) is 14.8. The molecule has 0 bridgehead atoms. The van der Waals surface area contributed by atoms with Gasteiger partial charge in [-0.1, -0.05) is 45.7 Å². The van der Waals surface area contributed by atoms with E-state index < -0.39 is 0 Å². The maximum atomic E-state index is 5.91. The summed E-state index contributed by atoms with van der Waals surface area (Å²) in [5.74, 6) is 0.942. The highest BCUT2D eigenvalue weighted by atomic mass is 79.9. The van der Waals surface area contributed by atoms with Crippen LogP contribution in [-0.4, -0.2) is 7.05 Å². The van der Waals surface area contributed by atoms with E-state index in [9.17, 15) is 0 Å². The molecule has 4 heteroatoms. The lowest BCUT2D eigenvalue weighted by Gasteiger charge is -2.16. The predicted molar refractivity (Wildman–Crippen MR) is 92.6 cm³/mol. The Morgan fingerprint density at radius 2 is 1.90 bits per heavy atom. The topological polar surface area (TPSA) is 12.0 Å². The standard InChI is InChI=1S/C16H17BrClNS/c1-11(19-2)15-8-5-13(17)9-16(15)20-10-12-3-6-14(18)7-4-12/h3-9,11,19H,10H2,1-2H3. The summed E-state index contributed by atoms with van der Waals surface area (Å²) < 4.78 is 1.11. The summed E-state index contributed by atoms with van der Waals surface area (Å²) in [4.78, 5) is 1.30. The minimum atomic E-state index is 0.343. The van der Waals surface area contributed by atoms with Crippen molar-refractivity contribution >= 4 is 39.3 Å². The smallest absolute Gasteiger partial charge is 0.0406 e. The third kappa shape index (κ3) is 4.26. The van der Waals surface area contributed by atoms with Gasteiger partial charge in [-0.15, -0.1) is 11.8 Å². The average Bonchev–Trinajstić information content (AvgIpc) is 2.46. The van der Waals surface area contributed by atoms with Crippen molar-refractivity contribution in [3.63, 3.8) is 0 Å². The highest BCUT2D eigenvalue weighted by Crippen LogP contribution is 2.32. The van der Waals surface area contributed by atoms with E-state index >= 15 is 0 Å². The van der Waals surface area contributed by atoms with Crippen molar-refractivity contribution in [3.05, 3.63) is 63.1 Å². The van der Waals surface area contributed by atoms with Crippen molar-refractivity contribution in [1.82, 2.24) is 5.32 Å². The molecule has 0 saturated heterocycles. The summed E-state index contributed by atoms with van der Waals surface area (Å²) in [7, 11) is 1.99. The summed E-state index contributed by atoms with van der Waals surface area (Å²) >= 11 is 11.3. The van der Waals surface area contributed by atoms with Gasteiger partial charge in [0.2, 0.25) is 0 Å². The molecule has 0 aromatic heterocycles. The molecule has 1 N–H and O–H groups in total. The molecule has 0 aliphatic rings. The molecule has 0 spiro atoms. The highest BCUT2D eigenvalue weighted by Gasteiger charge is 2.10. The van der Waals surface area contributed by atoms with E-state index in [2.05, 4.69) is 58.5 Å².